The van der Waals surface area contributed by atoms with Gasteiger partial charge in [-0.2, -0.15) is 0 Å². The Labute approximate surface area is 130 Å². The van der Waals surface area contributed by atoms with E-state index in [0.717, 1.165) is 45.3 Å². The number of likely N-dealkylation sites (tertiary alicyclic amines) is 1. The highest BCUT2D eigenvalue weighted by molar-refractivity contribution is 5.82. The van der Waals surface area contributed by atoms with Crippen LogP contribution in [-0.2, 0) is 4.79 Å². The van der Waals surface area contributed by atoms with Crippen molar-refractivity contribution in [3.05, 3.63) is 0 Å². The van der Waals surface area contributed by atoms with Crippen LogP contribution in [0.1, 0.15) is 58.8 Å². The van der Waals surface area contributed by atoms with Crippen LogP contribution in [0.3, 0.4) is 0 Å². The van der Waals surface area contributed by atoms with Gasteiger partial charge in [-0.1, -0.05) is 19.8 Å². The molecule has 0 aromatic rings. The van der Waals surface area contributed by atoms with Gasteiger partial charge >= 0.3 is 0 Å². The van der Waals surface area contributed by atoms with Gasteiger partial charge < -0.3 is 10.6 Å². The Hall–Kier alpha value is -0.610. The topological polar surface area (TPSA) is 44.4 Å². The first-order chi connectivity index (χ1) is 10.2. The standard InChI is InChI=1S/C17H33N3O/c1-3-7-17(8-10-18-11-9-17)16(21)19-14-15(2)20-12-5-4-6-13-20/h15,18H,3-14H2,1-2H3,(H,19,21). The number of amides is 1. The first-order valence-electron chi connectivity index (χ1n) is 8.91. The molecule has 4 heteroatoms. The van der Waals surface area contributed by atoms with Crippen LogP contribution < -0.4 is 10.6 Å². The summed E-state index contributed by atoms with van der Waals surface area (Å²) in [4.78, 5) is 15.3. The van der Waals surface area contributed by atoms with E-state index in [1.54, 1.807) is 0 Å². The van der Waals surface area contributed by atoms with Gasteiger partial charge in [0.15, 0.2) is 0 Å². The molecule has 1 amide bonds. The maximum Gasteiger partial charge on any atom is 0.226 e. The maximum absolute atomic E-state index is 12.7. The minimum Gasteiger partial charge on any atom is -0.354 e. The van der Waals surface area contributed by atoms with Crippen LogP contribution in [0.15, 0.2) is 0 Å². The van der Waals surface area contributed by atoms with Crippen LogP contribution >= 0.6 is 0 Å². The van der Waals surface area contributed by atoms with E-state index < -0.39 is 0 Å². The van der Waals surface area contributed by atoms with Crippen LogP contribution in [0.2, 0.25) is 0 Å². The summed E-state index contributed by atoms with van der Waals surface area (Å²) in [6.07, 6.45) is 8.08. The van der Waals surface area contributed by atoms with Crippen molar-refractivity contribution in [1.82, 2.24) is 15.5 Å². The lowest BCUT2D eigenvalue weighted by atomic mass is 9.74. The highest BCUT2D eigenvalue weighted by Gasteiger charge is 2.38. The predicted molar refractivity (Wildman–Crippen MR) is 87.3 cm³/mol. The fourth-order valence-corrected chi connectivity index (χ4v) is 3.89. The molecule has 2 rings (SSSR count). The Morgan fingerprint density at radius 3 is 2.52 bits per heavy atom. The molecule has 0 spiro atoms. The number of nitrogens with one attached hydrogen (secondary N) is 2. The van der Waals surface area contributed by atoms with Gasteiger partial charge in [-0.15, -0.1) is 0 Å². The van der Waals surface area contributed by atoms with Gasteiger partial charge in [-0.3, -0.25) is 9.69 Å². The zero-order valence-corrected chi connectivity index (χ0v) is 13.9. The summed E-state index contributed by atoms with van der Waals surface area (Å²) in [5.74, 6) is 0.301. The third-order valence-corrected chi connectivity index (χ3v) is 5.34. The van der Waals surface area contributed by atoms with Crippen LogP contribution in [-0.4, -0.2) is 49.6 Å². The number of carbonyl (C=O) groups is 1. The summed E-state index contributed by atoms with van der Waals surface area (Å²) in [5.41, 5.74) is -0.110. The van der Waals surface area contributed by atoms with Crippen LogP contribution in [0, 0.1) is 5.41 Å². The van der Waals surface area contributed by atoms with E-state index in [0.29, 0.717) is 11.9 Å². The predicted octanol–water partition coefficient (Wildman–Crippen LogP) is 2.15. The molecule has 2 heterocycles. The molecule has 1 atom stereocenters. The van der Waals surface area contributed by atoms with E-state index in [1.165, 1.54) is 32.4 Å². The van der Waals surface area contributed by atoms with E-state index in [1.807, 2.05) is 0 Å². The fraction of sp³-hybridized carbons (Fsp3) is 0.941. The van der Waals surface area contributed by atoms with Crippen molar-refractivity contribution in [2.45, 2.75) is 64.8 Å². The molecule has 2 saturated heterocycles. The first kappa shape index (κ1) is 16.8. The van der Waals surface area contributed by atoms with Gasteiger partial charge in [0, 0.05) is 12.6 Å². The molecule has 0 bridgehead atoms. The van der Waals surface area contributed by atoms with Gasteiger partial charge in [-0.05, 0) is 65.2 Å². The van der Waals surface area contributed by atoms with E-state index in [-0.39, 0.29) is 5.41 Å². The maximum atomic E-state index is 12.7. The van der Waals surface area contributed by atoms with Crippen molar-refractivity contribution in [2.75, 3.05) is 32.7 Å². The zero-order chi connectivity index (χ0) is 15.1. The largest absolute Gasteiger partial charge is 0.354 e. The Bertz CT molecular complexity index is 314. The SMILES string of the molecule is CCCC1(C(=O)NCC(C)N2CCCCC2)CCNCC1. The summed E-state index contributed by atoms with van der Waals surface area (Å²) in [6.45, 7) is 9.60. The van der Waals surface area contributed by atoms with Gasteiger partial charge in [0.25, 0.3) is 0 Å². The van der Waals surface area contributed by atoms with E-state index in [4.69, 9.17) is 0 Å². The van der Waals surface area contributed by atoms with Gasteiger partial charge in [0.05, 0.1) is 5.41 Å². The van der Waals surface area contributed by atoms with Crippen LogP contribution in [0.4, 0.5) is 0 Å². The van der Waals surface area contributed by atoms with E-state index in [9.17, 15) is 4.79 Å². The van der Waals surface area contributed by atoms with Crippen molar-refractivity contribution in [3.63, 3.8) is 0 Å². The molecule has 0 radical (unpaired) electrons. The number of carbonyl (C=O) groups excluding carboxylic acids is 1. The van der Waals surface area contributed by atoms with E-state index in [2.05, 4.69) is 29.4 Å². The molecule has 21 heavy (non-hydrogen) atoms. The van der Waals surface area contributed by atoms with Crippen molar-refractivity contribution in [2.24, 2.45) is 5.41 Å². The molecule has 2 aliphatic heterocycles. The summed E-state index contributed by atoms with van der Waals surface area (Å²) < 4.78 is 0. The lowest BCUT2D eigenvalue weighted by molar-refractivity contribution is -0.133. The first-order valence-corrected chi connectivity index (χ1v) is 8.91. The molecular weight excluding hydrogens is 262 g/mol. The lowest BCUT2D eigenvalue weighted by Crippen LogP contribution is -2.51. The summed E-state index contributed by atoms with van der Waals surface area (Å²) in [7, 11) is 0. The number of rotatable bonds is 6. The monoisotopic (exact) mass is 295 g/mol. The number of hydrogen-bond acceptors (Lipinski definition) is 3. The number of hydrogen-bond donors (Lipinski definition) is 2. The summed E-state index contributed by atoms with van der Waals surface area (Å²) >= 11 is 0. The Morgan fingerprint density at radius 2 is 1.90 bits per heavy atom. The molecule has 0 aliphatic carbocycles. The summed E-state index contributed by atoms with van der Waals surface area (Å²) in [5, 5.41) is 6.65. The molecule has 4 nitrogen and oxygen atoms in total. The molecule has 0 saturated carbocycles. The minimum atomic E-state index is -0.110. The molecule has 2 N–H and O–H groups in total. The second-order valence-corrected chi connectivity index (χ2v) is 6.94. The molecular formula is C17H33N3O. The average molecular weight is 295 g/mol. The van der Waals surface area contributed by atoms with Crippen molar-refractivity contribution in [3.8, 4) is 0 Å². The highest BCUT2D eigenvalue weighted by atomic mass is 16.2. The van der Waals surface area contributed by atoms with Crippen molar-refractivity contribution < 1.29 is 4.79 Å². The second kappa shape index (κ2) is 8.14. The van der Waals surface area contributed by atoms with Gasteiger partial charge in [0.2, 0.25) is 5.91 Å². The third-order valence-electron chi connectivity index (χ3n) is 5.34. The molecule has 2 fully saturated rings. The number of piperidine rings is 2. The molecule has 2 aliphatic rings. The van der Waals surface area contributed by atoms with Gasteiger partial charge in [0.1, 0.15) is 0 Å². The fourth-order valence-electron chi connectivity index (χ4n) is 3.89. The van der Waals surface area contributed by atoms with Crippen LogP contribution in [0.5, 0.6) is 0 Å². The Kier molecular flexibility index (Phi) is 6.49. The molecule has 0 aromatic heterocycles. The Morgan fingerprint density at radius 1 is 1.24 bits per heavy atom. The van der Waals surface area contributed by atoms with Crippen LogP contribution in [0.25, 0.3) is 0 Å². The normalized spacial score (nSPS) is 24.5. The molecule has 1 unspecified atom stereocenters. The van der Waals surface area contributed by atoms with E-state index >= 15 is 0 Å². The molecule has 0 aromatic carbocycles. The lowest BCUT2D eigenvalue weighted by Gasteiger charge is -2.37. The second-order valence-electron chi connectivity index (χ2n) is 6.94. The van der Waals surface area contributed by atoms with Crippen molar-refractivity contribution in [1.29, 1.82) is 0 Å². The highest BCUT2D eigenvalue weighted by Crippen LogP contribution is 2.34. The van der Waals surface area contributed by atoms with Gasteiger partial charge in [-0.25, -0.2) is 0 Å². The minimum absolute atomic E-state index is 0.110. The average Bonchev–Trinajstić information content (AvgIpc) is 2.54. The van der Waals surface area contributed by atoms with Crippen molar-refractivity contribution >= 4 is 5.91 Å². The Balaban J connectivity index is 1.83. The molecule has 122 valence electrons. The quantitative estimate of drug-likeness (QED) is 0.789. The summed E-state index contributed by atoms with van der Waals surface area (Å²) in [6, 6.07) is 0.467. The number of nitrogens with zero attached hydrogens (tertiary/aromatic N) is 1. The smallest absolute Gasteiger partial charge is 0.226 e. The third kappa shape index (κ3) is 4.43. The zero-order valence-electron chi connectivity index (χ0n) is 13.9.